The first-order chi connectivity index (χ1) is 3.86. The quantitative estimate of drug-likeness (QED) is 0.474. The van der Waals surface area contributed by atoms with E-state index < -0.39 is 29.3 Å². The molecule has 1 fully saturated rings. The lowest BCUT2D eigenvalue weighted by Gasteiger charge is -2.21. The summed E-state index contributed by atoms with van der Waals surface area (Å²) >= 11 is 0. The smallest absolute Gasteiger partial charge is 0.181 e. The van der Waals surface area contributed by atoms with E-state index in [-0.39, 0.29) is 0 Å². The summed E-state index contributed by atoms with van der Waals surface area (Å²) in [6, 6.07) is 0. The summed E-state index contributed by atoms with van der Waals surface area (Å²) in [5, 5.41) is -0.666. The Morgan fingerprint density at radius 1 is 1.11 bits per heavy atom. The van der Waals surface area contributed by atoms with Gasteiger partial charge in [-0.2, -0.15) is 0 Å². The lowest BCUT2D eigenvalue weighted by atomic mass is 11.0. The van der Waals surface area contributed by atoms with Crippen LogP contribution in [0.1, 0.15) is 6.92 Å². The average Bonchev–Trinajstić information content (AvgIpc) is 1.63. The molecule has 54 valence electrons. The molecule has 0 unspecified atom stereocenters. The third-order valence-corrected chi connectivity index (χ3v) is 7.75. The fraction of sp³-hybridized carbons (Fsp3) is 1.00. The summed E-state index contributed by atoms with van der Waals surface area (Å²) in [4.78, 5) is 0. The zero-order valence-corrected chi connectivity index (χ0v) is 6.37. The van der Waals surface area contributed by atoms with Gasteiger partial charge in [0.15, 0.2) is 29.3 Å². The van der Waals surface area contributed by atoms with Gasteiger partial charge in [-0.15, -0.1) is 0 Å². The van der Waals surface area contributed by atoms with E-state index in [1.54, 1.807) is 0 Å². The van der Waals surface area contributed by atoms with Gasteiger partial charge < -0.3 is 0 Å². The first kappa shape index (κ1) is 7.01. The molecule has 0 spiro atoms. The van der Waals surface area contributed by atoms with E-state index in [0.29, 0.717) is 0 Å². The van der Waals surface area contributed by atoms with Crippen LogP contribution in [0.25, 0.3) is 0 Å². The van der Waals surface area contributed by atoms with E-state index in [0.717, 1.165) is 0 Å². The van der Waals surface area contributed by atoms with Crippen molar-refractivity contribution < 1.29 is 16.8 Å². The van der Waals surface area contributed by atoms with Crippen molar-refractivity contribution in [3.63, 3.8) is 0 Å². The van der Waals surface area contributed by atoms with Gasteiger partial charge in [-0.25, -0.2) is 16.8 Å². The Balaban J connectivity index is 3.14. The molecule has 0 aromatic carbocycles. The van der Waals surface area contributed by atoms with Crippen molar-refractivity contribution in [2.45, 2.75) is 11.5 Å². The maximum Gasteiger partial charge on any atom is 0.181 e. The zero-order chi connectivity index (χ0) is 7.28. The molecular weight excluding hydrogens is 164 g/mol. The van der Waals surface area contributed by atoms with Gasteiger partial charge in [-0.3, -0.25) is 0 Å². The van der Waals surface area contributed by atoms with Gasteiger partial charge >= 0.3 is 0 Å². The first-order valence-corrected chi connectivity index (χ1v) is 5.72. The Bertz CT molecular complexity index is 276. The molecule has 1 rings (SSSR count). The van der Waals surface area contributed by atoms with Gasteiger partial charge in [0.1, 0.15) is 0 Å². The molecule has 9 heavy (non-hydrogen) atoms. The molecule has 0 amide bonds. The molecule has 1 aliphatic rings. The minimum atomic E-state index is -3.26. The van der Waals surface area contributed by atoms with Gasteiger partial charge in [0.25, 0.3) is 0 Å². The third-order valence-electron chi connectivity index (χ3n) is 1.34. The van der Waals surface area contributed by atoms with Crippen molar-refractivity contribution >= 4 is 19.7 Å². The van der Waals surface area contributed by atoms with Crippen molar-refractivity contribution in [2.24, 2.45) is 0 Å². The maximum atomic E-state index is 10.5. The summed E-state index contributed by atoms with van der Waals surface area (Å²) in [5.74, 6) is 0. The Morgan fingerprint density at radius 2 is 1.44 bits per heavy atom. The largest absolute Gasteiger partial charge is 0.226 e. The molecule has 6 heteroatoms. The monoisotopic (exact) mass is 170 g/mol. The number of hydrogen-bond acceptors (Lipinski definition) is 4. The molecule has 0 saturated carbocycles. The number of rotatable bonds is 0. The lowest BCUT2D eigenvalue weighted by Crippen LogP contribution is -2.44. The van der Waals surface area contributed by atoms with Crippen LogP contribution in [-0.2, 0) is 19.7 Å². The predicted octanol–water partition coefficient (Wildman–Crippen LogP) is -0.867. The second-order valence-electron chi connectivity index (χ2n) is 2.01. The summed E-state index contributed by atoms with van der Waals surface area (Å²) in [7, 11) is -6.51. The highest BCUT2D eigenvalue weighted by Gasteiger charge is 2.47. The summed E-state index contributed by atoms with van der Waals surface area (Å²) in [6.45, 7) is 1.19. The van der Waals surface area contributed by atoms with Crippen LogP contribution in [0.2, 0.25) is 0 Å². The Kier molecular flexibility index (Phi) is 1.16. The van der Waals surface area contributed by atoms with Gasteiger partial charge in [-0.05, 0) is 6.92 Å². The molecule has 0 N–H and O–H groups in total. The van der Waals surface area contributed by atoms with E-state index in [9.17, 15) is 16.8 Å². The highest BCUT2D eigenvalue weighted by atomic mass is 32.3. The highest BCUT2D eigenvalue weighted by Crippen LogP contribution is 2.23. The number of hydrogen-bond donors (Lipinski definition) is 0. The van der Waals surface area contributed by atoms with E-state index >= 15 is 0 Å². The van der Waals surface area contributed by atoms with E-state index in [1.165, 1.54) is 6.92 Å². The van der Waals surface area contributed by atoms with Crippen LogP contribution in [0.5, 0.6) is 0 Å². The topological polar surface area (TPSA) is 68.3 Å². The maximum absolute atomic E-state index is 10.5. The van der Waals surface area contributed by atoms with Crippen molar-refractivity contribution in [3.8, 4) is 0 Å². The second-order valence-corrected chi connectivity index (χ2v) is 7.32. The Hall–Kier alpha value is -0.100. The second kappa shape index (κ2) is 1.49. The fourth-order valence-corrected chi connectivity index (χ4v) is 5.12. The molecule has 0 radical (unpaired) electrons. The third kappa shape index (κ3) is 0.858. The van der Waals surface area contributed by atoms with Crippen molar-refractivity contribution in [1.82, 2.24) is 0 Å². The fourth-order valence-electron chi connectivity index (χ4n) is 0.569. The minimum Gasteiger partial charge on any atom is -0.226 e. The van der Waals surface area contributed by atoms with E-state index in [1.807, 2.05) is 0 Å². The van der Waals surface area contributed by atoms with E-state index in [2.05, 4.69) is 0 Å². The minimum absolute atomic E-state index is 0.666. The molecule has 1 aliphatic heterocycles. The average molecular weight is 170 g/mol. The lowest BCUT2D eigenvalue weighted by molar-refractivity contribution is 0.567. The predicted molar refractivity (Wildman–Crippen MR) is 32.2 cm³/mol. The zero-order valence-electron chi connectivity index (χ0n) is 4.73. The number of sulfone groups is 2. The molecular formula is C3H6O4S2. The molecule has 0 aliphatic carbocycles. The Labute approximate surface area is 53.7 Å². The van der Waals surface area contributed by atoms with Gasteiger partial charge in [0.2, 0.25) is 0 Å². The van der Waals surface area contributed by atoms with Crippen LogP contribution >= 0.6 is 0 Å². The van der Waals surface area contributed by atoms with Crippen LogP contribution in [0.4, 0.5) is 0 Å². The summed E-state index contributed by atoms with van der Waals surface area (Å²) < 4.78 is 40.7. The van der Waals surface area contributed by atoms with Crippen molar-refractivity contribution in [3.05, 3.63) is 0 Å². The van der Waals surface area contributed by atoms with Crippen LogP contribution < -0.4 is 0 Å². The van der Waals surface area contributed by atoms with Crippen molar-refractivity contribution in [1.29, 1.82) is 0 Å². The first-order valence-electron chi connectivity index (χ1n) is 2.29. The van der Waals surface area contributed by atoms with Gasteiger partial charge in [-0.1, -0.05) is 0 Å². The standard InChI is InChI=1S/C3H6O4S2/c1-3-8(4,5)2-9(3,6)7/h3H,2H2,1H3. The molecule has 4 nitrogen and oxygen atoms in total. The normalized spacial score (nSPS) is 31.2. The molecule has 0 atom stereocenters. The van der Waals surface area contributed by atoms with E-state index in [4.69, 9.17) is 0 Å². The van der Waals surface area contributed by atoms with Gasteiger partial charge in [0, 0.05) is 0 Å². The SMILES string of the molecule is CC1S(=O)(=O)CS1(=O)=O. The Morgan fingerprint density at radius 3 is 1.44 bits per heavy atom. The van der Waals surface area contributed by atoms with Crippen LogP contribution in [0.15, 0.2) is 0 Å². The van der Waals surface area contributed by atoms with Crippen LogP contribution in [0.3, 0.4) is 0 Å². The van der Waals surface area contributed by atoms with Crippen LogP contribution in [0, 0.1) is 0 Å². The molecule has 1 heterocycles. The molecule has 1 saturated heterocycles. The van der Waals surface area contributed by atoms with Crippen molar-refractivity contribution in [2.75, 3.05) is 5.08 Å². The summed E-state index contributed by atoms with van der Waals surface area (Å²) in [5.41, 5.74) is 0. The molecule has 0 bridgehead atoms. The molecule has 0 aromatic heterocycles. The highest BCUT2D eigenvalue weighted by molar-refractivity contribution is 8.24. The molecule has 0 aromatic rings. The van der Waals surface area contributed by atoms with Gasteiger partial charge in [0.05, 0.1) is 0 Å². The summed E-state index contributed by atoms with van der Waals surface area (Å²) in [6.07, 6.45) is 0. The van der Waals surface area contributed by atoms with Crippen LogP contribution in [-0.4, -0.2) is 26.5 Å².